The molecular formula is C29H37N3O5S. The van der Waals surface area contributed by atoms with Crippen molar-refractivity contribution < 1.29 is 22.7 Å². The highest BCUT2D eigenvalue weighted by molar-refractivity contribution is 7.89. The summed E-state index contributed by atoms with van der Waals surface area (Å²) < 4.78 is 39.9. The molecule has 0 unspecified atom stereocenters. The number of carbonyl (C=O) groups is 1. The van der Waals surface area contributed by atoms with E-state index in [1.807, 2.05) is 24.0 Å². The molecule has 2 fully saturated rings. The number of aromatic amines is 1. The summed E-state index contributed by atoms with van der Waals surface area (Å²) >= 11 is 0. The molecule has 38 heavy (non-hydrogen) atoms. The maximum absolute atomic E-state index is 13.2. The van der Waals surface area contributed by atoms with E-state index in [1.54, 1.807) is 19.2 Å². The van der Waals surface area contributed by atoms with Crippen LogP contribution in [0.1, 0.15) is 38.2 Å². The van der Waals surface area contributed by atoms with Crippen LogP contribution in [0.25, 0.3) is 22.2 Å². The Kier molecular flexibility index (Phi) is 8.18. The number of aromatic nitrogens is 1. The molecule has 204 valence electrons. The number of fused-ring (bicyclic) bond motifs is 1. The molecule has 8 nitrogen and oxygen atoms in total. The Labute approximate surface area is 224 Å². The van der Waals surface area contributed by atoms with Crippen molar-refractivity contribution in [2.75, 3.05) is 33.5 Å². The summed E-state index contributed by atoms with van der Waals surface area (Å²) in [5.41, 5.74) is 3.97. The number of sulfonamides is 1. The second-order valence-electron chi connectivity index (χ2n) is 10.5. The predicted octanol–water partition coefficient (Wildman–Crippen LogP) is 4.11. The van der Waals surface area contributed by atoms with E-state index in [0.29, 0.717) is 52.0 Å². The van der Waals surface area contributed by atoms with Crippen molar-refractivity contribution in [1.82, 2.24) is 14.6 Å². The van der Waals surface area contributed by atoms with E-state index >= 15 is 0 Å². The van der Waals surface area contributed by atoms with Gasteiger partial charge in [-0.05, 0) is 68.4 Å². The topological polar surface area (TPSA) is 101 Å². The third kappa shape index (κ3) is 5.96. The standard InChI is InChI=1S/C29H37N3O5S/c1-20-19-37-16-14-32(20)29(33)23-7-10-25(11-8-23)31-38(34,35)26-12-9-24-17-27(30-28(24)18-26)22-5-3-21(4-6-22)13-15-36-2/h3-6,9,12,17-18,20,23,25,30-31H,7-8,10-11,13-16,19H2,1-2H3/t20-,23?,25?/m0/s1. The third-order valence-corrected chi connectivity index (χ3v) is 9.33. The zero-order valence-electron chi connectivity index (χ0n) is 22.1. The van der Waals surface area contributed by atoms with Crippen LogP contribution in [0.15, 0.2) is 53.4 Å². The summed E-state index contributed by atoms with van der Waals surface area (Å²) in [6.45, 7) is 4.49. The molecule has 1 saturated heterocycles. The van der Waals surface area contributed by atoms with E-state index in [2.05, 4.69) is 34.0 Å². The Morgan fingerprint density at radius 1 is 1.11 bits per heavy atom. The van der Waals surface area contributed by atoms with Crippen LogP contribution < -0.4 is 4.72 Å². The summed E-state index contributed by atoms with van der Waals surface area (Å²) in [7, 11) is -1.98. The largest absolute Gasteiger partial charge is 0.384 e. The molecule has 1 saturated carbocycles. The number of carbonyl (C=O) groups excluding carboxylic acids is 1. The van der Waals surface area contributed by atoms with Crippen LogP contribution >= 0.6 is 0 Å². The summed E-state index contributed by atoms with van der Waals surface area (Å²) in [6, 6.07) is 15.5. The lowest BCUT2D eigenvalue weighted by Crippen LogP contribution is -2.50. The van der Waals surface area contributed by atoms with E-state index < -0.39 is 10.0 Å². The molecule has 3 aromatic rings. The molecule has 1 aliphatic heterocycles. The molecule has 1 amide bonds. The van der Waals surface area contributed by atoms with Crippen molar-refractivity contribution in [2.45, 2.75) is 56.0 Å². The first kappa shape index (κ1) is 26.9. The maximum Gasteiger partial charge on any atom is 0.240 e. The quantitative estimate of drug-likeness (QED) is 0.449. The molecule has 0 bridgehead atoms. The van der Waals surface area contributed by atoms with Crippen molar-refractivity contribution in [3.8, 4) is 11.3 Å². The van der Waals surface area contributed by atoms with E-state index in [-0.39, 0.29) is 28.8 Å². The number of nitrogens with one attached hydrogen (secondary N) is 2. The molecule has 2 N–H and O–H groups in total. The minimum absolute atomic E-state index is 0.0426. The first-order chi connectivity index (χ1) is 18.3. The highest BCUT2D eigenvalue weighted by Gasteiger charge is 2.34. The number of rotatable bonds is 8. The van der Waals surface area contributed by atoms with Gasteiger partial charge in [0.1, 0.15) is 0 Å². The Hall–Kier alpha value is -2.72. The van der Waals surface area contributed by atoms with Crippen molar-refractivity contribution >= 4 is 26.8 Å². The summed E-state index contributed by atoms with van der Waals surface area (Å²) in [6.07, 6.45) is 3.56. The minimum atomic E-state index is -3.68. The van der Waals surface area contributed by atoms with Crippen molar-refractivity contribution in [3.05, 3.63) is 54.1 Å². The average molecular weight is 540 g/mol. The van der Waals surface area contributed by atoms with Gasteiger partial charge in [0.2, 0.25) is 15.9 Å². The van der Waals surface area contributed by atoms with Gasteiger partial charge >= 0.3 is 0 Å². The van der Waals surface area contributed by atoms with Gasteiger partial charge in [-0.1, -0.05) is 30.3 Å². The summed E-state index contributed by atoms with van der Waals surface area (Å²) in [5.74, 6) is 0.138. The fourth-order valence-corrected chi connectivity index (χ4v) is 6.87. The van der Waals surface area contributed by atoms with Gasteiger partial charge in [0.15, 0.2) is 0 Å². The molecule has 9 heteroatoms. The molecule has 0 radical (unpaired) electrons. The minimum Gasteiger partial charge on any atom is -0.384 e. The van der Waals surface area contributed by atoms with Gasteiger partial charge in [0.05, 0.1) is 30.8 Å². The van der Waals surface area contributed by atoms with Crippen LogP contribution in [0.5, 0.6) is 0 Å². The lowest BCUT2D eigenvalue weighted by atomic mass is 9.85. The lowest BCUT2D eigenvalue weighted by molar-refractivity contribution is -0.144. The van der Waals surface area contributed by atoms with Crippen molar-refractivity contribution in [3.63, 3.8) is 0 Å². The molecule has 0 spiro atoms. The second kappa shape index (κ2) is 11.6. The first-order valence-electron chi connectivity index (χ1n) is 13.5. The number of hydrogen-bond acceptors (Lipinski definition) is 5. The highest BCUT2D eigenvalue weighted by Crippen LogP contribution is 2.30. The first-order valence-corrected chi connectivity index (χ1v) is 14.9. The van der Waals surface area contributed by atoms with Crippen LogP contribution in [-0.4, -0.2) is 69.8 Å². The van der Waals surface area contributed by atoms with Crippen LogP contribution in [0.4, 0.5) is 0 Å². The summed E-state index contributed by atoms with van der Waals surface area (Å²) in [5, 5.41) is 0.957. The Morgan fingerprint density at radius 3 is 2.58 bits per heavy atom. The monoisotopic (exact) mass is 539 g/mol. The molecule has 1 atom stereocenters. The average Bonchev–Trinajstić information content (AvgIpc) is 3.36. The number of H-pyrrole nitrogens is 1. The van der Waals surface area contributed by atoms with Gasteiger partial charge in [-0.3, -0.25) is 4.79 Å². The van der Waals surface area contributed by atoms with E-state index in [0.717, 1.165) is 28.6 Å². The normalized spacial score (nSPS) is 22.6. The van der Waals surface area contributed by atoms with Crippen LogP contribution in [0, 0.1) is 5.92 Å². The van der Waals surface area contributed by atoms with E-state index in [1.165, 1.54) is 5.56 Å². The van der Waals surface area contributed by atoms with Gasteiger partial charge in [-0.25, -0.2) is 13.1 Å². The van der Waals surface area contributed by atoms with Gasteiger partial charge in [0, 0.05) is 42.2 Å². The van der Waals surface area contributed by atoms with Crippen LogP contribution in [-0.2, 0) is 30.7 Å². The van der Waals surface area contributed by atoms with Crippen LogP contribution in [0.3, 0.4) is 0 Å². The number of methoxy groups -OCH3 is 1. The van der Waals surface area contributed by atoms with Gasteiger partial charge in [0.25, 0.3) is 0 Å². The van der Waals surface area contributed by atoms with Crippen LogP contribution in [0.2, 0.25) is 0 Å². The lowest BCUT2D eigenvalue weighted by Gasteiger charge is -2.37. The molecule has 1 aliphatic carbocycles. The van der Waals surface area contributed by atoms with Gasteiger partial charge in [-0.15, -0.1) is 0 Å². The highest BCUT2D eigenvalue weighted by atomic mass is 32.2. The molecule has 5 rings (SSSR count). The summed E-state index contributed by atoms with van der Waals surface area (Å²) in [4.78, 5) is 18.5. The molecule has 2 heterocycles. The zero-order chi connectivity index (χ0) is 26.7. The van der Waals surface area contributed by atoms with E-state index in [9.17, 15) is 13.2 Å². The maximum atomic E-state index is 13.2. The van der Waals surface area contributed by atoms with Crippen molar-refractivity contribution in [1.29, 1.82) is 0 Å². The predicted molar refractivity (Wildman–Crippen MR) is 147 cm³/mol. The number of morpholine rings is 1. The SMILES string of the molecule is COCCc1ccc(-c2cc3ccc(S(=O)(=O)NC4CCC(C(=O)N5CCOC[C@@H]5C)CC4)cc3[nH]2)cc1. The Bertz CT molecular complexity index is 1360. The van der Waals surface area contributed by atoms with Crippen molar-refractivity contribution in [2.24, 2.45) is 5.92 Å². The Balaban J connectivity index is 1.22. The van der Waals surface area contributed by atoms with E-state index in [4.69, 9.17) is 9.47 Å². The molecule has 1 aromatic heterocycles. The fourth-order valence-electron chi connectivity index (χ4n) is 5.53. The number of ether oxygens (including phenoxy) is 2. The zero-order valence-corrected chi connectivity index (χ0v) is 22.9. The van der Waals surface area contributed by atoms with Gasteiger partial charge < -0.3 is 19.4 Å². The Morgan fingerprint density at radius 2 is 1.87 bits per heavy atom. The molecular weight excluding hydrogens is 502 g/mol. The second-order valence-corrected chi connectivity index (χ2v) is 12.2. The van der Waals surface area contributed by atoms with Gasteiger partial charge in [-0.2, -0.15) is 0 Å². The number of nitrogens with zero attached hydrogens (tertiary/aromatic N) is 1. The molecule has 2 aromatic carbocycles. The number of amides is 1. The number of hydrogen-bond donors (Lipinski definition) is 2. The number of benzene rings is 2. The molecule has 2 aliphatic rings. The fraction of sp³-hybridized carbons (Fsp3) is 0.483. The smallest absolute Gasteiger partial charge is 0.240 e. The third-order valence-electron chi connectivity index (χ3n) is 7.81.